The molecular formula is C54H38IN2S-. The molecule has 278 valence electrons. The van der Waals surface area contributed by atoms with Gasteiger partial charge in [0, 0.05) is 0 Å². The van der Waals surface area contributed by atoms with Crippen LogP contribution in [-0.4, -0.2) is 10.6 Å². The van der Waals surface area contributed by atoms with E-state index in [0.29, 0.717) is 5.92 Å². The third kappa shape index (κ3) is 5.01. The third-order valence-electron chi connectivity index (χ3n) is 12.1. The van der Waals surface area contributed by atoms with Crippen LogP contribution in [0.15, 0.2) is 218 Å². The van der Waals surface area contributed by atoms with Crippen molar-refractivity contribution in [2.75, 3.05) is 4.90 Å². The number of hydrogen-bond donors (Lipinski definition) is 0. The molecule has 0 N–H and O–H groups in total. The summed E-state index contributed by atoms with van der Waals surface area (Å²) in [6, 6.07) is 73.7. The molecule has 0 radical (unpaired) electrons. The van der Waals surface area contributed by atoms with Gasteiger partial charge in [-0.05, 0) is 0 Å². The number of allylic oxidation sites excluding steroid dienone is 2. The summed E-state index contributed by atoms with van der Waals surface area (Å²) in [7, 11) is 0. The monoisotopic (exact) mass is 873 g/mol. The molecule has 2 unspecified atom stereocenters. The van der Waals surface area contributed by atoms with Crippen molar-refractivity contribution in [1.82, 2.24) is 4.57 Å². The number of rotatable bonds is 6. The van der Waals surface area contributed by atoms with Crippen molar-refractivity contribution in [2.24, 2.45) is 0 Å². The van der Waals surface area contributed by atoms with Gasteiger partial charge in [0.1, 0.15) is 0 Å². The van der Waals surface area contributed by atoms with Crippen LogP contribution in [0.25, 0.3) is 47.7 Å². The van der Waals surface area contributed by atoms with Crippen LogP contribution < -0.4 is 23.3 Å². The van der Waals surface area contributed by atoms with Crippen molar-refractivity contribution in [1.29, 1.82) is 0 Å². The third-order valence-corrected chi connectivity index (χ3v) is 23.4. The molecule has 0 fully saturated rings. The van der Waals surface area contributed by atoms with Crippen LogP contribution in [-0.2, 0) is 0 Å². The molecule has 58 heavy (non-hydrogen) atoms. The number of nitrogens with zero attached hydrogens (tertiary/aromatic N) is 2. The van der Waals surface area contributed by atoms with Gasteiger partial charge in [-0.1, -0.05) is 0 Å². The number of anilines is 2. The van der Waals surface area contributed by atoms with E-state index < -0.39 is 18.4 Å². The number of hydrogen-bond acceptors (Lipinski definition) is 2. The van der Waals surface area contributed by atoms with Gasteiger partial charge in [0.15, 0.2) is 0 Å². The van der Waals surface area contributed by atoms with E-state index in [0.717, 1.165) is 0 Å². The van der Waals surface area contributed by atoms with Gasteiger partial charge in [-0.2, -0.15) is 0 Å². The van der Waals surface area contributed by atoms with E-state index in [1.54, 1.807) is 0 Å². The van der Waals surface area contributed by atoms with Crippen molar-refractivity contribution in [2.45, 2.75) is 12.0 Å². The van der Waals surface area contributed by atoms with Gasteiger partial charge in [0.05, 0.1) is 0 Å². The minimum atomic E-state index is -3.61. The summed E-state index contributed by atoms with van der Waals surface area (Å²) in [5.74, 6) is 0.329. The molecule has 2 aliphatic rings. The van der Waals surface area contributed by atoms with E-state index in [1.807, 2.05) is 11.3 Å². The normalized spacial score (nSPS) is 16.4. The molecule has 12 rings (SSSR count). The van der Waals surface area contributed by atoms with Crippen LogP contribution in [0.1, 0.15) is 11.5 Å². The van der Waals surface area contributed by atoms with E-state index in [9.17, 15) is 0 Å². The van der Waals surface area contributed by atoms with E-state index in [1.165, 1.54) is 78.9 Å². The molecule has 2 nitrogen and oxygen atoms in total. The zero-order chi connectivity index (χ0) is 38.2. The Morgan fingerprint density at radius 1 is 0.414 bits per heavy atom. The quantitative estimate of drug-likeness (QED) is 0.151. The molecule has 1 aliphatic carbocycles. The number of benzene rings is 8. The molecular weight excluding hydrogens is 836 g/mol. The maximum absolute atomic E-state index is 3.61. The van der Waals surface area contributed by atoms with Gasteiger partial charge in [0.2, 0.25) is 0 Å². The van der Waals surface area contributed by atoms with E-state index >= 15 is 0 Å². The molecule has 0 amide bonds. The zero-order valence-electron chi connectivity index (χ0n) is 31.6. The summed E-state index contributed by atoms with van der Waals surface area (Å²) in [5.41, 5.74) is 7.59. The molecule has 4 heteroatoms. The summed E-state index contributed by atoms with van der Waals surface area (Å²) in [5, 5.41) is 5.23. The van der Waals surface area contributed by atoms with Crippen molar-refractivity contribution in [3.05, 3.63) is 238 Å². The molecule has 0 bridgehead atoms. The Bertz CT molecular complexity index is 3230. The molecule has 8 aromatic carbocycles. The predicted molar refractivity (Wildman–Crippen MR) is 241 cm³/mol. The molecule has 0 spiro atoms. The Labute approximate surface area is 346 Å². The SMILES string of the molecule is C1=CC2c3ccccc3N(c3cccc([I-](c4ccccc4)(c4ccccc4)c4cccc(-n5c6ccccc6c6cc7c(cc65)sc5ccccc57)c4)c3)C2C=C1. The topological polar surface area (TPSA) is 8.17 Å². The van der Waals surface area contributed by atoms with Crippen LogP contribution >= 0.6 is 11.3 Å². The molecule has 2 atom stereocenters. The summed E-state index contributed by atoms with van der Waals surface area (Å²) in [6.45, 7) is 0. The van der Waals surface area contributed by atoms with E-state index in [-0.39, 0.29) is 6.04 Å². The van der Waals surface area contributed by atoms with Crippen molar-refractivity contribution < 1.29 is 18.4 Å². The second kappa shape index (κ2) is 13.4. The average molecular weight is 874 g/mol. The predicted octanol–water partition coefficient (Wildman–Crippen LogP) is 10.8. The van der Waals surface area contributed by atoms with Gasteiger partial charge in [-0.3, -0.25) is 0 Å². The second-order valence-corrected chi connectivity index (χ2v) is 24.5. The Hall–Kier alpha value is -6.21. The summed E-state index contributed by atoms with van der Waals surface area (Å²) >= 11 is -1.73. The Kier molecular flexibility index (Phi) is 7.85. The minimum absolute atomic E-state index is 0.234. The molecule has 1 aliphatic heterocycles. The second-order valence-electron chi connectivity index (χ2n) is 15.1. The Balaban J connectivity index is 1.12. The molecule has 0 saturated heterocycles. The Morgan fingerprint density at radius 2 is 1.03 bits per heavy atom. The summed E-state index contributed by atoms with van der Waals surface area (Å²) in [6.07, 6.45) is 9.17. The zero-order valence-corrected chi connectivity index (χ0v) is 34.6. The van der Waals surface area contributed by atoms with E-state index in [4.69, 9.17) is 0 Å². The van der Waals surface area contributed by atoms with Crippen LogP contribution in [0.4, 0.5) is 11.4 Å². The van der Waals surface area contributed by atoms with Gasteiger partial charge >= 0.3 is 349 Å². The fraction of sp³-hybridized carbons (Fsp3) is 0.0370. The van der Waals surface area contributed by atoms with Crippen LogP contribution in [0, 0.1) is 14.3 Å². The van der Waals surface area contributed by atoms with E-state index in [2.05, 4.69) is 228 Å². The molecule has 10 aromatic rings. The maximum atomic E-state index is 2.58. The van der Waals surface area contributed by atoms with Gasteiger partial charge < -0.3 is 0 Å². The molecule has 0 saturated carbocycles. The number of halogens is 1. The fourth-order valence-electron chi connectivity index (χ4n) is 9.61. The number of thiophene rings is 1. The van der Waals surface area contributed by atoms with Crippen molar-refractivity contribution in [3.8, 4) is 5.69 Å². The van der Waals surface area contributed by atoms with Crippen LogP contribution in [0.5, 0.6) is 0 Å². The Morgan fingerprint density at radius 3 is 1.83 bits per heavy atom. The number of para-hydroxylation sites is 2. The van der Waals surface area contributed by atoms with Gasteiger partial charge in [-0.25, -0.2) is 0 Å². The first-order chi connectivity index (χ1) is 28.8. The summed E-state index contributed by atoms with van der Waals surface area (Å²) < 4.78 is 10.8. The summed E-state index contributed by atoms with van der Waals surface area (Å²) in [4.78, 5) is 2.58. The first-order valence-electron chi connectivity index (χ1n) is 19.9. The number of aromatic nitrogens is 1. The van der Waals surface area contributed by atoms with Gasteiger partial charge in [0.25, 0.3) is 0 Å². The first-order valence-corrected chi connectivity index (χ1v) is 25.1. The van der Waals surface area contributed by atoms with Crippen LogP contribution in [0.3, 0.4) is 0 Å². The van der Waals surface area contributed by atoms with Crippen molar-refractivity contribution >= 4 is 64.7 Å². The van der Waals surface area contributed by atoms with Gasteiger partial charge in [-0.15, -0.1) is 0 Å². The van der Waals surface area contributed by atoms with Crippen LogP contribution in [0.2, 0.25) is 0 Å². The standard InChI is InChI=1S/C54H38IN2S/c1-3-17-37(18-4-1)55(38-19-5-2-6-20-38,39-21-15-23-41(33-39)56-49-29-11-7-25-43(49)44-26-8-12-30-50(44)56)40-22-16-24-42(34-40)57-51-31-13-9-27-45(51)47-35-48-46-28-10-14-32-53(46)58-54(48)36-52(47)57/h1-36,43,49H/q-1. The molecule has 3 heterocycles. The van der Waals surface area contributed by atoms with Crippen molar-refractivity contribution in [3.63, 3.8) is 0 Å². The molecule has 2 aromatic heterocycles. The fourth-order valence-corrected chi connectivity index (χ4v) is 21.1. The first kappa shape index (κ1) is 33.9. The number of fused-ring (bicyclic) bond motifs is 9. The average Bonchev–Trinajstić information content (AvgIpc) is 3.94.